The van der Waals surface area contributed by atoms with E-state index in [1.54, 1.807) is 16.7 Å². The third-order valence-corrected chi connectivity index (χ3v) is 6.80. The van der Waals surface area contributed by atoms with Crippen molar-refractivity contribution in [1.29, 1.82) is 5.26 Å². The normalized spacial score (nSPS) is 15.1. The molecule has 7 nitrogen and oxygen atoms in total. The minimum absolute atomic E-state index is 0.0665. The van der Waals surface area contributed by atoms with Crippen molar-refractivity contribution in [3.63, 3.8) is 0 Å². The van der Waals surface area contributed by atoms with Crippen LogP contribution in [-0.2, 0) is 15.3 Å². The predicted octanol–water partition coefficient (Wildman–Crippen LogP) is 4.79. The van der Waals surface area contributed by atoms with Gasteiger partial charge < -0.3 is 20.3 Å². The molecule has 1 fully saturated rings. The molecule has 0 spiro atoms. The summed E-state index contributed by atoms with van der Waals surface area (Å²) in [7, 11) is 0. The molecule has 0 unspecified atom stereocenters. The van der Waals surface area contributed by atoms with Gasteiger partial charge in [-0.1, -0.05) is 36.4 Å². The first kappa shape index (κ1) is 26.4. The van der Waals surface area contributed by atoms with Gasteiger partial charge in [-0.05, 0) is 57.4 Å². The van der Waals surface area contributed by atoms with E-state index in [1.807, 2.05) is 75.4 Å². The summed E-state index contributed by atoms with van der Waals surface area (Å²) in [5, 5.41) is 15.8. The van der Waals surface area contributed by atoms with E-state index in [0.717, 1.165) is 22.8 Å². The van der Waals surface area contributed by atoms with Crippen molar-refractivity contribution < 1.29 is 14.3 Å². The summed E-state index contributed by atoms with van der Waals surface area (Å²) in [4.78, 5) is 27.6. The number of rotatable bonds is 8. The third kappa shape index (κ3) is 7.66. The van der Waals surface area contributed by atoms with Gasteiger partial charge in [0.1, 0.15) is 11.1 Å². The first-order valence-electron chi connectivity index (χ1n) is 11.9. The lowest BCUT2D eigenvalue weighted by Gasteiger charge is -2.41. The van der Waals surface area contributed by atoms with Gasteiger partial charge >= 0.3 is 6.09 Å². The molecular weight excluding hydrogens is 460 g/mol. The molecule has 186 valence electrons. The molecule has 2 aromatic rings. The van der Waals surface area contributed by atoms with Crippen LogP contribution in [0.1, 0.15) is 44.7 Å². The second-order valence-electron chi connectivity index (χ2n) is 9.62. The maximum Gasteiger partial charge on any atom is 0.410 e. The van der Waals surface area contributed by atoms with Crippen molar-refractivity contribution in [3.8, 4) is 6.07 Å². The highest BCUT2D eigenvalue weighted by Gasteiger charge is 2.43. The van der Waals surface area contributed by atoms with E-state index in [-0.39, 0.29) is 12.0 Å². The van der Waals surface area contributed by atoms with Gasteiger partial charge in [0.15, 0.2) is 0 Å². The van der Waals surface area contributed by atoms with E-state index in [0.29, 0.717) is 38.0 Å². The molecule has 3 rings (SSSR count). The van der Waals surface area contributed by atoms with Crippen molar-refractivity contribution >= 4 is 29.4 Å². The molecule has 2 aromatic carbocycles. The van der Waals surface area contributed by atoms with Crippen LogP contribution in [0.5, 0.6) is 0 Å². The summed E-state index contributed by atoms with van der Waals surface area (Å²) < 4.78 is 5.51. The summed E-state index contributed by atoms with van der Waals surface area (Å²) in [5.41, 5.74) is 1.19. The molecule has 2 amide bonds. The van der Waals surface area contributed by atoms with E-state index in [1.165, 1.54) is 0 Å². The average Bonchev–Trinajstić information content (AvgIpc) is 2.84. The number of nitrogens with zero attached hydrogens (tertiary/aromatic N) is 2. The molecule has 0 aliphatic carbocycles. The molecule has 35 heavy (non-hydrogen) atoms. The quantitative estimate of drug-likeness (QED) is 0.513. The minimum Gasteiger partial charge on any atom is -0.444 e. The van der Waals surface area contributed by atoms with E-state index in [9.17, 15) is 14.9 Å². The summed E-state index contributed by atoms with van der Waals surface area (Å²) in [6.45, 7) is 6.93. The number of nitriles is 1. The van der Waals surface area contributed by atoms with E-state index in [4.69, 9.17) is 4.74 Å². The number of nitrogens with one attached hydrogen (secondary N) is 2. The van der Waals surface area contributed by atoms with Crippen LogP contribution in [0.25, 0.3) is 0 Å². The lowest BCUT2D eigenvalue weighted by atomic mass is 9.86. The first-order chi connectivity index (χ1) is 16.7. The van der Waals surface area contributed by atoms with Gasteiger partial charge in [-0.25, -0.2) is 4.79 Å². The predicted molar refractivity (Wildman–Crippen MR) is 140 cm³/mol. The van der Waals surface area contributed by atoms with Crippen LogP contribution in [0.3, 0.4) is 0 Å². The van der Waals surface area contributed by atoms with Crippen LogP contribution in [0, 0.1) is 11.3 Å². The second-order valence-corrected chi connectivity index (χ2v) is 10.7. The molecule has 0 aromatic heterocycles. The van der Waals surface area contributed by atoms with E-state index in [2.05, 4.69) is 16.7 Å². The number of ether oxygens (including phenoxy) is 1. The number of hydrogen-bond donors (Lipinski definition) is 2. The molecule has 0 atom stereocenters. The number of piperidine rings is 1. The molecule has 1 aliphatic rings. The fourth-order valence-electron chi connectivity index (χ4n) is 3.95. The van der Waals surface area contributed by atoms with Crippen molar-refractivity contribution in [2.24, 2.45) is 0 Å². The topological polar surface area (TPSA) is 94.5 Å². The highest BCUT2D eigenvalue weighted by molar-refractivity contribution is 7.98. The van der Waals surface area contributed by atoms with Crippen LogP contribution < -0.4 is 10.6 Å². The lowest BCUT2D eigenvalue weighted by Crippen LogP contribution is -2.59. The third-order valence-electron chi connectivity index (χ3n) is 5.79. The molecule has 8 heteroatoms. The lowest BCUT2D eigenvalue weighted by molar-refractivity contribution is -0.127. The standard InChI is InChI=1S/C27H34N4O3S/c1-26(2,3)34-25(33)31-16-13-27(14-17-31,30-23-11-5-4-6-12-23)24(32)29-15-18-35-20-22-10-8-7-9-21(22)19-28/h4-12,30H,13-18,20H2,1-3H3,(H,29,32). The van der Waals surface area contributed by atoms with Crippen LogP contribution in [0.2, 0.25) is 0 Å². The fraction of sp³-hybridized carbons (Fsp3) is 0.444. The van der Waals surface area contributed by atoms with Gasteiger partial charge in [0, 0.05) is 36.8 Å². The van der Waals surface area contributed by atoms with Crippen LogP contribution in [-0.4, -0.2) is 53.4 Å². The Bertz CT molecular complexity index is 1040. The van der Waals surface area contributed by atoms with Gasteiger partial charge in [-0.3, -0.25) is 4.79 Å². The zero-order valence-corrected chi connectivity index (χ0v) is 21.5. The molecule has 1 saturated heterocycles. The Morgan fingerprint density at radius 1 is 1.09 bits per heavy atom. The Labute approximate surface area is 212 Å². The Hall–Kier alpha value is -3.18. The SMILES string of the molecule is CC(C)(C)OC(=O)N1CCC(Nc2ccccc2)(C(=O)NCCSCc2ccccc2C#N)CC1. The number of para-hydroxylation sites is 1. The van der Waals surface area contributed by atoms with Gasteiger partial charge in [-0.15, -0.1) is 0 Å². The molecule has 1 aliphatic heterocycles. The second kappa shape index (κ2) is 12.0. The smallest absolute Gasteiger partial charge is 0.410 e. The fourth-order valence-corrected chi connectivity index (χ4v) is 4.81. The largest absolute Gasteiger partial charge is 0.444 e. The number of benzene rings is 2. The number of likely N-dealkylation sites (tertiary alicyclic amines) is 1. The number of carbonyl (C=O) groups excluding carboxylic acids is 2. The van der Waals surface area contributed by atoms with Crippen molar-refractivity contribution in [1.82, 2.24) is 10.2 Å². The van der Waals surface area contributed by atoms with Crippen molar-refractivity contribution in [2.75, 3.05) is 30.7 Å². The Balaban J connectivity index is 1.58. The Morgan fingerprint density at radius 3 is 2.40 bits per heavy atom. The number of carbonyl (C=O) groups is 2. The minimum atomic E-state index is -0.808. The van der Waals surface area contributed by atoms with E-state index < -0.39 is 11.1 Å². The summed E-state index contributed by atoms with van der Waals surface area (Å²) in [5.74, 6) is 1.39. The van der Waals surface area contributed by atoms with Gasteiger partial charge in [0.05, 0.1) is 11.6 Å². The molecular formula is C27H34N4O3S. The highest BCUT2D eigenvalue weighted by atomic mass is 32.2. The highest BCUT2D eigenvalue weighted by Crippen LogP contribution is 2.28. The summed E-state index contributed by atoms with van der Waals surface area (Å²) in [6.07, 6.45) is 0.617. The number of anilines is 1. The maximum atomic E-state index is 13.4. The molecule has 1 heterocycles. The van der Waals surface area contributed by atoms with Crippen LogP contribution >= 0.6 is 11.8 Å². The molecule has 0 radical (unpaired) electrons. The number of thioether (sulfide) groups is 1. The van der Waals surface area contributed by atoms with Gasteiger partial charge in [-0.2, -0.15) is 17.0 Å². The van der Waals surface area contributed by atoms with Crippen LogP contribution in [0.15, 0.2) is 54.6 Å². The summed E-state index contributed by atoms with van der Waals surface area (Å²) >= 11 is 1.68. The van der Waals surface area contributed by atoms with Crippen molar-refractivity contribution in [2.45, 2.75) is 50.5 Å². The monoisotopic (exact) mass is 494 g/mol. The maximum absolute atomic E-state index is 13.4. The van der Waals surface area contributed by atoms with Gasteiger partial charge in [0.25, 0.3) is 0 Å². The Morgan fingerprint density at radius 2 is 1.74 bits per heavy atom. The first-order valence-corrected chi connectivity index (χ1v) is 13.0. The molecule has 0 bridgehead atoms. The molecule has 2 N–H and O–H groups in total. The van der Waals surface area contributed by atoms with Gasteiger partial charge in [0.2, 0.25) is 5.91 Å². The van der Waals surface area contributed by atoms with E-state index >= 15 is 0 Å². The van der Waals surface area contributed by atoms with Crippen LogP contribution in [0.4, 0.5) is 10.5 Å². The molecule has 0 saturated carbocycles. The number of hydrogen-bond acceptors (Lipinski definition) is 6. The summed E-state index contributed by atoms with van der Waals surface area (Å²) in [6, 6.07) is 19.5. The zero-order valence-electron chi connectivity index (χ0n) is 20.7. The average molecular weight is 495 g/mol. The van der Waals surface area contributed by atoms with Crippen molar-refractivity contribution in [3.05, 3.63) is 65.7 Å². The number of amides is 2. The Kier molecular flexibility index (Phi) is 9.05. The zero-order chi connectivity index (χ0) is 25.3.